The lowest BCUT2D eigenvalue weighted by Gasteiger charge is -2.32. The lowest BCUT2D eigenvalue weighted by atomic mass is 10.1. The first kappa shape index (κ1) is 24.4. The summed E-state index contributed by atoms with van der Waals surface area (Å²) in [4.78, 5) is 25.2. The van der Waals surface area contributed by atoms with E-state index in [0.717, 1.165) is 11.6 Å². The summed E-state index contributed by atoms with van der Waals surface area (Å²) < 4.78 is 78.5. The predicted molar refractivity (Wildman–Crippen MR) is 108 cm³/mol. The number of amides is 1. The van der Waals surface area contributed by atoms with Crippen LogP contribution in [0.4, 0.5) is 22.0 Å². The van der Waals surface area contributed by atoms with Crippen molar-refractivity contribution in [1.29, 1.82) is 0 Å². The number of rotatable bonds is 6. The van der Waals surface area contributed by atoms with Gasteiger partial charge in [0.2, 0.25) is 11.7 Å². The minimum Gasteiger partial charge on any atom is -0.491 e. The third-order valence-electron chi connectivity index (χ3n) is 5.10. The maximum atomic E-state index is 13.8. The van der Waals surface area contributed by atoms with Gasteiger partial charge in [-0.3, -0.25) is 9.59 Å². The molecule has 2 aromatic rings. The molecule has 10 heteroatoms. The zero-order chi connectivity index (χ0) is 24.3. The molecule has 1 atom stereocenters. The number of ether oxygens (including phenoxy) is 2. The highest BCUT2D eigenvalue weighted by atomic mass is 19.2. The number of aryl methyl sites for hydroxylation is 1. The maximum absolute atomic E-state index is 13.8. The minimum absolute atomic E-state index is 0.0669. The summed E-state index contributed by atoms with van der Waals surface area (Å²) >= 11 is 0. The van der Waals surface area contributed by atoms with Crippen molar-refractivity contribution >= 4 is 17.8 Å². The molecule has 1 unspecified atom stereocenters. The van der Waals surface area contributed by atoms with Gasteiger partial charge in [0.1, 0.15) is 18.5 Å². The summed E-state index contributed by atoms with van der Waals surface area (Å²) in [6, 6.07) is 4.99. The fourth-order valence-corrected chi connectivity index (χ4v) is 3.36. The van der Waals surface area contributed by atoms with Crippen molar-refractivity contribution in [2.45, 2.75) is 20.0 Å². The fourth-order valence-electron chi connectivity index (χ4n) is 3.36. The summed E-state index contributed by atoms with van der Waals surface area (Å²) in [6.07, 6.45) is 0.780. The Morgan fingerprint density at radius 1 is 1.09 bits per heavy atom. The van der Waals surface area contributed by atoms with E-state index < -0.39 is 46.7 Å². The standard InChI is InChI=1S/C23H20F5NO4/c1-12-9-14(3-4-16(12)13(2)30)33-11-15-10-29(7-8-32-15)18(31)6-5-17-19(24)21(26)23(28)22(27)20(17)25/h3-6,9,15H,7-8,10-11H2,1-2H3. The van der Waals surface area contributed by atoms with Crippen LogP contribution in [0.25, 0.3) is 6.08 Å². The summed E-state index contributed by atoms with van der Waals surface area (Å²) in [5.74, 6) is -10.7. The van der Waals surface area contributed by atoms with Gasteiger partial charge in [0, 0.05) is 18.2 Å². The second-order valence-corrected chi connectivity index (χ2v) is 7.44. The molecule has 0 spiro atoms. The molecule has 176 valence electrons. The first-order valence-electron chi connectivity index (χ1n) is 9.94. The van der Waals surface area contributed by atoms with Crippen LogP contribution in [-0.4, -0.2) is 49.0 Å². The van der Waals surface area contributed by atoms with Gasteiger partial charge in [-0.25, -0.2) is 22.0 Å². The molecule has 2 aromatic carbocycles. The molecule has 1 aliphatic rings. The SMILES string of the molecule is CC(=O)c1ccc(OCC2CN(C(=O)C=Cc3c(F)c(F)c(F)c(F)c3F)CCO2)cc1C. The highest BCUT2D eigenvalue weighted by Crippen LogP contribution is 2.24. The van der Waals surface area contributed by atoms with Crippen molar-refractivity contribution in [3.8, 4) is 5.75 Å². The summed E-state index contributed by atoms with van der Waals surface area (Å²) in [7, 11) is 0. The number of carbonyl (C=O) groups excluding carboxylic acids is 2. The Hall–Kier alpha value is -3.27. The van der Waals surface area contributed by atoms with E-state index >= 15 is 0 Å². The van der Waals surface area contributed by atoms with E-state index in [2.05, 4.69) is 0 Å². The van der Waals surface area contributed by atoms with Crippen LogP contribution in [0.3, 0.4) is 0 Å². The van der Waals surface area contributed by atoms with Crippen LogP contribution in [-0.2, 0) is 9.53 Å². The zero-order valence-corrected chi connectivity index (χ0v) is 17.8. The average Bonchev–Trinajstić information content (AvgIpc) is 2.80. The molecule has 0 saturated carbocycles. The van der Waals surface area contributed by atoms with Crippen molar-refractivity contribution in [2.75, 3.05) is 26.3 Å². The first-order chi connectivity index (χ1) is 15.6. The number of hydrogen-bond donors (Lipinski definition) is 0. The first-order valence-corrected chi connectivity index (χ1v) is 9.94. The number of hydrogen-bond acceptors (Lipinski definition) is 4. The normalized spacial score (nSPS) is 16.3. The van der Waals surface area contributed by atoms with E-state index in [4.69, 9.17) is 9.47 Å². The topological polar surface area (TPSA) is 55.8 Å². The maximum Gasteiger partial charge on any atom is 0.246 e. The van der Waals surface area contributed by atoms with E-state index in [-0.39, 0.29) is 32.1 Å². The van der Waals surface area contributed by atoms with Crippen molar-refractivity contribution < 1.29 is 41.0 Å². The highest BCUT2D eigenvalue weighted by molar-refractivity contribution is 5.95. The van der Waals surface area contributed by atoms with Crippen LogP contribution in [0.1, 0.15) is 28.4 Å². The second kappa shape index (κ2) is 10.1. The van der Waals surface area contributed by atoms with E-state index in [0.29, 0.717) is 17.4 Å². The molecule has 1 heterocycles. The predicted octanol–water partition coefficient (Wildman–Crippen LogP) is 4.21. The van der Waals surface area contributed by atoms with Crippen LogP contribution in [0.2, 0.25) is 0 Å². The van der Waals surface area contributed by atoms with Gasteiger partial charge < -0.3 is 14.4 Å². The van der Waals surface area contributed by atoms with Crippen molar-refractivity contribution in [1.82, 2.24) is 4.90 Å². The zero-order valence-electron chi connectivity index (χ0n) is 17.8. The lowest BCUT2D eigenvalue weighted by Crippen LogP contribution is -2.47. The molecular formula is C23H20F5NO4. The molecule has 5 nitrogen and oxygen atoms in total. The van der Waals surface area contributed by atoms with Crippen LogP contribution >= 0.6 is 0 Å². The Labute approximate surface area is 186 Å². The third kappa shape index (κ3) is 5.39. The Morgan fingerprint density at radius 3 is 2.33 bits per heavy atom. The molecule has 33 heavy (non-hydrogen) atoms. The van der Waals surface area contributed by atoms with Crippen LogP contribution in [0, 0.1) is 36.0 Å². The number of Topliss-reactive ketones (excluding diaryl/α,β-unsaturated/α-hetero) is 1. The number of nitrogens with zero attached hydrogens (tertiary/aromatic N) is 1. The van der Waals surface area contributed by atoms with Crippen LogP contribution < -0.4 is 4.74 Å². The van der Waals surface area contributed by atoms with Gasteiger partial charge in [0.15, 0.2) is 29.1 Å². The molecule has 1 amide bonds. The molecule has 1 fully saturated rings. The molecule has 1 aliphatic heterocycles. The molecular weight excluding hydrogens is 449 g/mol. The van der Waals surface area contributed by atoms with Gasteiger partial charge in [0.25, 0.3) is 0 Å². The Balaban J connectivity index is 1.63. The van der Waals surface area contributed by atoms with Crippen LogP contribution in [0.5, 0.6) is 5.75 Å². The highest BCUT2D eigenvalue weighted by Gasteiger charge is 2.26. The van der Waals surface area contributed by atoms with Gasteiger partial charge in [-0.1, -0.05) is 0 Å². The van der Waals surface area contributed by atoms with Crippen LogP contribution in [0.15, 0.2) is 24.3 Å². The quantitative estimate of drug-likeness (QED) is 0.209. The van der Waals surface area contributed by atoms with Gasteiger partial charge in [0.05, 0.1) is 18.7 Å². The molecule has 1 saturated heterocycles. The monoisotopic (exact) mass is 469 g/mol. The molecule has 0 N–H and O–H groups in total. The number of benzene rings is 2. The molecule has 0 bridgehead atoms. The molecule has 0 radical (unpaired) electrons. The molecule has 3 rings (SSSR count). The summed E-state index contributed by atoms with van der Waals surface area (Å²) in [6.45, 7) is 3.75. The van der Waals surface area contributed by atoms with Gasteiger partial charge in [-0.05, 0) is 43.7 Å². The molecule has 0 aliphatic carbocycles. The van der Waals surface area contributed by atoms with Gasteiger partial charge >= 0.3 is 0 Å². The Bertz CT molecular complexity index is 1090. The number of morpholine rings is 1. The summed E-state index contributed by atoms with van der Waals surface area (Å²) in [5, 5.41) is 0. The van der Waals surface area contributed by atoms with E-state index in [1.807, 2.05) is 0 Å². The smallest absolute Gasteiger partial charge is 0.246 e. The van der Waals surface area contributed by atoms with Gasteiger partial charge in [-0.15, -0.1) is 0 Å². The van der Waals surface area contributed by atoms with E-state index in [9.17, 15) is 31.5 Å². The Morgan fingerprint density at radius 2 is 1.73 bits per heavy atom. The number of carbonyl (C=O) groups is 2. The number of halogens is 5. The average molecular weight is 469 g/mol. The van der Waals surface area contributed by atoms with Crippen molar-refractivity contribution in [3.05, 3.63) is 70.1 Å². The molecule has 0 aromatic heterocycles. The second-order valence-electron chi connectivity index (χ2n) is 7.44. The largest absolute Gasteiger partial charge is 0.491 e. The van der Waals surface area contributed by atoms with E-state index in [1.54, 1.807) is 25.1 Å². The van der Waals surface area contributed by atoms with Gasteiger partial charge in [-0.2, -0.15) is 0 Å². The minimum atomic E-state index is -2.27. The van der Waals surface area contributed by atoms with Crippen molar-refractivity contribution in [3.63, 3.8) is 0 Å². The number of ketones is 1. The lowest BCUT2D eigenvalue weighted by molar-refractivity contribution is -0.134. The van der Waals surface area contributed by atoms with Crippen molar-refractivity contribution in [2.24, 2.45) is 0 Å². The third-order valence-corrected chi connectivity index (χ3v) is 5.10. The summed E-state index contributed by atoms with van der Waals surface area (Å²) in [5.41, 5.74) is 0.130. The fraction of sp³-hybridized carbons (Fsp3) is 0.304. The van der Waals surface area contributed by atoms with E-state index in [1.165, 1.54) is 11.8 Å². The Kier molecular flexibility index (Phi) is 7.47.